The quantitative estimate of drug-likeness (QED) is 0.799. The number of amides is 2. The topological polar surface area (TPSA) is 74.7 Å². The Morgan fingerprint density at radius 2 is 2.11 bits per heavy atom. The van der Waals surface area contributed by atoms with Crippen LogP contribution in [0, 0.1) is 11.8 Å². The van der Waals surface area contributed by atoms with Crippen LogP contribution in [0.1, 0.15) is 32.6 Å². The number of carbonyl (C=O) groups excluding carboxylic acids is 2. The second-order valence-corrected chi connectivity index (χ2v) is 5.48. The number of rotatable bonds is 4. The first-order valence-corrected chi connectivity index (χ1v) is 6.79. The second-order valence-electron chi connectivity index (χ2n) is 4.99. The molecular formula is C13H16ClNO4. The Balaban J connectivity index is 2.27. The van der Waals surface area contributed by atoms with Gasteiger partial charge in [-0.25, -0.2) is 4.79 Å². The minimum Gasteiger partial charge on any atom is -0.480 e. The Labute approximate surface area is 116 Å². The molecule has 19 heavy (non-hydrogen) atoms. The van der Waals surface area contributed by atoms with Crippen LogP contribution in [-0.2, 0) is 14.4 Å². The van der Waals surface area contributed by atoms with E-state index in [0.717, 1.165) is 4.90 Å². The number of likely N-dealkylation sites (tertiary alicyclic amines) is 1. The molecule has 0 aromatic carbocycles. The number of hydrogen-bond donors (Lipinski definition) is 1. The smallest absolute Gasteiger partial charge is 0.326 e. The van der Waals surface area contributed by atoms with Crippen molar-refractivity contribution in [2.75, 3.05) is 0 Å². The fourth-order valence-electron chi connectivity index (χ4n) is 2.80. The zero-order valence-corrected chi connectivity index (χ0v) is 11.4. The predicted octanol–water partition coefficient (Wildman–Crippen LogP) is 1.76. The largest absolute Gasteiger partial charge is 0.480 e. The minimum absolute atomic E-state index is 0.285. The standard InChI is InChI=1S/C13H16ClNO4/c1-2-3-10(13(18)19)15-11(16)8-5-4-7(14)6-9(8)12(15)17/h4,8-10H,2-3,5-6H2,1H3,(H,18,19)/t8-,9+,10+/m1/s1. The Morgan fingerprint density at radius 1 is 1.47 bits per heavy atom. The van der Waals surface area contributed by atoms with Crippen molar-refractivity contribution in [1.82, 2.24) is 4.90 Å². The molecule has 5 nitrogen and oxygen atoms in total. The molecule has 104 valence electrons. The maximum atomic E-state index is 12.3. The predicted molar refractivity (Wildman–Crippen MR) is 68.3 cm³/mol. The van der Waals surface area contributed by atoms with Crippen molar-refractivity contribution in [3.8, 4) is 0 Å². The van der Waals surface area contributed by atoms with E-state index in [1.165, 1.54) is 0 Å². The van der Waals surface area contributed by atoms with Gasteiger partial charge in [-0.15, -0.1) is 0 Å². The molecule has 1 aliphatic heterocycles. The third-order valence-electron chi connectivity index (χ3n) is 3.76. The lowest BCUT2D eigenvalue weighted by Gasteiger charge is -2.22. The molecule has 2 rings (SSSR count). The highest BCUT2D eigenvalue weighted by Gasteiger charge is 2.51. The highest BCUT2D eigenvalue weighted by molar-refractivity contribution is 6.30. The van der Waals surface area contributed by atoms with Crippen LogP contribution in [0.25, 0.3) is 0 Å². The molecule has 1 N–H and O–H groups in total. The van der Waals surface area contributed by atoms with Gasteiger partial charge in [0.15, 0.2) is 0 Å². The van der Waals surface area contributed by atoms with Gasteiger partial charge in [0, 0.05) is 5.03 Å². The molecule has 2 aliphatic rings. The van der Waals surface area contributed by atoms with Gasteiger partial charge < -0.3 is 5.11 Å². The van der Waals surface area contributed by atoms with E-state index in [0.29, 0.717) is 24.3 Å². The van der Waals surface area contributed by atoms with Gasteiger partial charge in [-0.3, -0.25) is 14.5 Å². The fraction of sp³-hybridized carbons (Fsp3) is 0.615. The number of imide groups is 1. The van der Waals surface area contributed by atoms with E-state index in [-0.39, 0.29) is 18.2 Å². The zero-order valence-electron chi connectivity index (χ0n) is 10.6. The lowest BCUT2D eigenvalue weighted by atomic mass is 9.85. The van der Waals surface area contributed by atoms with Gasteiger partial charge >= 0.3 is 5.97 Å². The van der Waals surface area contributed by atoms with E-state index in [2.05, 4.69) is 0 Å². The normalized spacial score (nSPS) is 28.1. The summed E-state index contributed by atoms with van der Waals surface area (Å²) in [5.41, 5.74) is 0. The van der Waals surface area contributed by atoms with Gasteiger partial charge in [-0.05, 0) is 19.3 Å². The third kappa shape index (κ3) is 2.39. The van der Waals surface area contributed by atoms with E-state index in [1.54, 1.807) is 6.08 Å². The lowest BCUT2D eigenvalue weighted by molar-refractivity contribution is -0.155. The highest BCUT2D eigenvalue weighted by Crippen LogP contribution is 2.40. The molecule has 0 spiro atoms. The molecular weight excluding hydrogens is 270 g/mol. The first kappa shape index (κ1) is 14.1. The summed E-state index contributed by atoms with van der Waals surface area (Å²) in [7, 11) is 0. The van der Waals surface area contributed by atoms with Crippen molar-refractivity contribution in [3.63, 3.8) is 0 Å². The molecule has 0 aromatic heterocycles. The number of aliphatic carboxylic acids is 1. The number of nitrogens with zero attached hydrogens (tertiary/aromatic N) is 1. The average molecular weight is 286 g/mol. The number of hydrogen-bond acceptors (Lipinski definition) is 3. The van der Waals surface area contributed by atoms with E-state index >= 15 is 0 Å². The molecule has 6 heteroatoms. The van der Waals surface area contributed by atoms with Crippen molar-refractivity contribution < 1.29 is 19.5 Å². The number of fused-ring (bicyclic) bond motifs is 1. The molecule has 0 unspecified atom stereocenters. The van der Waals surface area contributed by atoms with Crippen LogP contribution in [0.15, 0.2) is 11.1 Å². The Bertz CT molecular complexity index is 460. The van der Waals surface area contributed by atoms with Crippen molar-refractivity contribution >= 4 is 29.4 Å². The maximum Gasteiger partial charge on any atom is 0.326 e. The summed E-state index contributed by atoms with van der Waals surface area (Å²) in [5.74, 6) is -2.79. The number of carboxylic acids is 1. The second kappa shape index (κ2) is 5.33. The first-order chi connectivity index (χ1) is 8.97. The Hall–Kier alpha value is -1.36. The molecule has 0 aromatic rings. The Kier molecular flexibility index (Phi) is 3.94. The molecule has 0 bridgehead atoms. The molecule has 1 saturated heterocycles. The van der Waals surface area contributed by atoms with E-state index < -0.39 is 23.8 Å². The molecule has 1 fully saturated rings. The van der Waals surface area contributed by atoms with Gasteiger partial charge in [0.05, 0.1) is 11.8 Å². The van der Waals surface area contributed by atoms with Crippen molar-refractivity contribution in [3.05, 3.63) is 11.1 Å². The van der Waals surface area contributed by atoms with Crippen LogP contribution >= 0.6 is 11.6 Å². The molecule has 3 atom stereocenters. The van der Waals surface area contributed by atoms with Crippen LogP contribution < -0.4 is 0 Å². The fourth-order valence-corrected chi connectivity index (χ4v) is 3.05. The zero-order chi connectivity index (χ0) is 14.2. The van der Waals surface area contributed by atoms with Crippen LogP contribution in [0.5, 0.6) is 0 Å². The van der Waals surface area contributed by atoms with E-state index in [9.17, 15) is 19.5 Å². The van der Waals surface area contributed by atoms with Gasteiger partial charge in [0.2, 0.25) is 11.8 Å². The monoisotopic (exact) mass is 285 g/mol. The van der Waals surface area contributed by atoms with Crippen LogP contribution in [0.4, 0.5) is 0 Å². The van der Waals surface area contributed by atoms with Gasteiger partial charge in [-0.2, -0.15) is 0 Å². The first-order valence-electron chi connectivity index (χ1n) is 6.41. The Morgan fingerprint density at radius 3 is 2.68 bits per heavy atom. The maximum absolute atomic E-state index is 12.3. The third-order valence-corrected chi connectivity index (χ3v) is 4.07. The molecule has 2 amide bonds. The average Bonchev–Trinajstić information content (AvgIpc) is 2.59. The summed E-state index contributed by atoms with van der Waals surface area (Å²) in [6.07, 6.45) is 3.39. The van der Waals surface area contributed by atoms with Gasteiger partial charge in [0.25, 0.3) is 0 Å². The van der Waals surface area contributed by atoms with Gasteiger partial charge in [-0.1, -0.05) is 31.0 Å². The molecule has 0 saturated carbocycles. The summed E-state index contributed by atoms with van der Waals surface area (Å²) in [6.45, 7) is 1.83. The van der Waals surface area contributed by atoms with Crippen LogP contribution in [0.3, 0.4) is 0 Å². The summed E-state index contributed by atoms with van der Waals surface area (Å²) < 4.78 is 0. The van der Waals surface area contributed by atoms with Crippen molar-refractivity contribution in [2.45, 2.75) is 38.6 Å². The van der Waals surface area contributed by atoms with Crippen LogP contribution in [0.2, 0.25) is 0 Å². The highest BCUT2D eigenvalue weighted by atomic mass is 35.5. The van der Waals surface area contributed by atoms with Gasteiger partial charge in [0.1, 0.15) is 6.04 Å². The SMILES string of the molecule is CCC[C@@H](C(=O)O)N1C(=O)[C@H]2CC(Cl)=CC[C@H]2C1=O. The summed E-state index contributed by atoms with van der Waals surface area (Å²) in [6, 6.07) is -1.05. The van der Waals surface area contributed by atoms with Crippen molar-refractivity contribution in [2.24, 2.45) is 11.8 Å². The van der Waals surface area contributed by atoms with E-state index in [1.807, 2.05) is 6.92 Å². The molecule has 1 aliphatic carbocycles. The number of carbonyl (C=O) groups is 3. The molecule has 0 radical (unpaired) electrons. The van der Waals surface area contributed by atoms with Crippen LogP contribution in [-0.4, -0.2) is 33.8 Å². The summed E-state index contributed by atoms with van der Waals surface area (Å²) in [4.78, 5) is 36.7. The van der Waals surface area contributed by atoms with E-state index in [4.69, 9.17) is 11.6 Å². The minimum atomic E-state index is -1.12. The summed E-state index contributed by atoms with van der Waals surface area (Å²) in [5, 5.41) is 9.78. The number of halogens is 1. The lowest BCUT2D eigenvalue weighted by Crippen LogP contribution is -2.45. The number of allylic oxidation sites excluding steroid dienone is 2. The number of carboxylic acid groups (broad SMARTS) is 1. The molecule has 1 heterocycles. The van der Waals surface area contributed by atoms with Crippen molar-refractivity contribution in [1.29, 1.82) is 0 Å². The summed E-state index contributed by atoms with van der Waals surface area (Å²) >= 11 is 5.91.